The molecule has 116 valence electrons. The fourth-order valence-electron chi connectivity index (χ4n) is 4.89. The van der Waals surface area contributed by atoms with Crippen LogP contribution >= 0.6 is 0 Å². The van der Waals surface area contributed by atoms with Crippen molar-refractivity contribution in [2.24, 2.45) is 5.41 Å². The zero-order valence-corrected chi connectivity index (χ0v) is 13.5. The van der Waals surface area contributed by atoms with E-state index < -0.39 is 0 Å². The molecule has 1 N–H and O–H groups in total. The Morgan fingerprint density at radius 1 is 1.15 bits per heavy atom. The van der Waals surface area contributed by atoms with E-state index in [0.717, 1.165) is 25.7 Å². The highest BCUT2D eigenvalue weighted by Gasteiger charge is 2.47. The summed E-state index contributed by atoms with van der Waals surface area (Å²) in [5.74, 6) is 0. The van der Waals surface area contributed by atoms with Gasteiger partial charge in [0.2, 0.25) is 0 Å². The summed E-state index contributed by atoms with van der Waals surface area (Å²) >= 11 is 0. The molecule has 4 unspecified atom stereocenters. The van der Waals surface area contributed by atoms with Crippen molar-refractivity contribution in [3.8, 4) is 0 Å². The molecule has 1 aliphatic heterocycles. The van der Waals surface area contributed by atoms with Gasteiger partial charge in [-0.3, -0.25) is 4.90 Å². The minimum atomic E-state index is 0.434. The maximum atomic E-state index is 6.06. The van der Waals surface area contributed by atoms with E-state index in [1.807, 2.05) is 0 Å². The molecule has 2 aliphatic carbocycles. The van der Waals surface area contributed by atoms with Gasteiger partial charge in [-0.15, -0.1) is 0 Å². The zero-order valence-electron chi connectivity index (χ0n) is 13.5. The van der Waals surface area contributed by atoms with Gasteiger partial charge in [0.1, 0.15) is 0 Å². The number of nitrogens with one attached hydrogen (secondary N) is 1. The number of fused-ring (bicyclic) bond motifs is 1. The van der Waals surface area contributed by atoms with Crippen molar-refractivity contribution in [3.63, 3.8) is 0 Å². The Morgan fingerprint density at radius 3 is 2.75 bits per heavy atom. The van der Waals surface area contributed by atoms with Gasteiger partial charge in [-0.2, -0.15) is 0 Å². The van der Waals surface area contributed by atoms with Crippen molar-refractivity contribution in [2.45, 2.75) is 83.5 Å². The molecular weight excluding hydrogens is 248 g/mol. The number of hydrogen-bond donors (Lipinski definition) is 1. The lowest BCUT2D eigenvalue weighted by molar-refractivity contribution is -0.106. The second kappa shape index (κ2) is 5.94. The first-order chi connectivity index (χ1) is 9.63. The largest absolute Gasteiger partial charge is 0.375 e. The lowest BCUT2D eigenvalue weighted by Crippen LogP contribution is -2.61. The fourth-order valence-corrected chi connectivity index (χ4v) is 4.89. The van der Waals surface area contributed by atoms with E-state index in [4.69, 9.17) is 4.74 Å². The van der Waals surface area contributed by atoms with Crippen molar-refractivity contribution in [3.05, 3.63) is 0 Å². The molecule has 0 aromatic heterocycles. The number of rotatable bonds is 3. The summed E-state index contributed by atoms with van der Waals surface area (Å²) in [6.45, 7) is 10.3. The van der Waals surface area contributed by atoms with Crippen molar-refractivity contribution >= 4 is 0 Å². The monoisotopic (exact) mass is 280 g/mol. The number of hydrogen-bond acceptors (Lipinski definition) is 3. The van der Waals surface area contributed by atoms with E-state index in [0.29, 0.717) is 23.6 Å². The topological polar surface area (TPSA) is 24.5 Å². The molecule has 3 fully saturated rings. The van der Waals surface area contributed by atoms with Crippen LogP contribution in [0.1, 0.15) is 59.3 Å². The Bertz CT molecular complexity index is 329. The molecule has 0 spiro atoms. The van der Waals surface area contributed by atoms with Gasteiger partial charge in [-0.05, 0) is 37.6 Å². The molecule has 3 aliphatic rings. The highest BCUT2D eigenvalue weighted by molar-refractivity contribution is 5.04. The van der Waals surface area contributed by atoms with E-state index in [2.05, 4.69) is 31.0 Å². The molecule has 0 amide bonds. The first kappa shape index (κ1) is 14.8. The summed E-state index contributed by atoms with van der Waals surface area (Å²) in [5.41, 5.74) is 0.434. The summed E-state index contributed by atoms with van der Waals surface area (Å²) < 4.78 is 6.06. The van der Waals surface area contributed by atoms with Gasteiger partial charge >= 0.3 is 0 Å². The number of morpholine rings is 1. The molecule has 3 rings (SSSR count). The van der Waals surface area contributed by atoms with Gasteiger partial charge in [0.25, 0.3) is 0 Å². The van der Waals surface area contributed by atoms with Crippen LogP contribution in [0.4, 0.5) is 0 Å². The summed E-state index contributed by atoms with van der Waals surface area (Å²) in [4.78, 5) is 2.83. The van der Waals surface area contributed by atoms with Crippen LogP contribution in [-0.2, 0) is 4.74 Å². The maximum Gasteiger partial charge on any atom is 0.0731 e. The average molecular weight is 280 g/mol. The van der Waals surface area contributed by atoms with Gasteiger partial charge in [-0.1, -0.05) is 33.6 Å². The van der Waals surface area contributed by atoms with Crippen molar-refractivity contribution < 1.29 is 4.74 Å². The predicted molar refractivity (Wildman–Crippen MR) is 83.0 cm³/mol. The van der Waals surface area contributed by atoms with Crippen molar-refractivity contribution in [1.82, 2.24) is 10.2 Å². The number of likely N-dealkylation sites (N-methyl/N-ethyl adjacent to an activating group) is 1. The quantitative estimate of drug-likeness (QED) is 0.860. The molecule has 0 bridgehead atoms. The van der Waals surface area contributed by atoms with Crippen molar-refractivity contribution in [2.75, 3.05) is 19.7 Å². The average Bonchev–Trinajstić information content (AvgIpc) is 2.74. The molecule has 3 heteroatoms. The third-order valence-electron chi connectivity index (χ3n) is 5.94. The van der Waals surface area contributed by atoms with Crippen LogP contribution in [0.2, 0.25) is 0 Å². The second-order valence-electron chi connectivity index (χ2n) is 7.63. The Morgan fingerprint density at radius 2 is 1.95 bits per heavy atom. The van der Waals surface area contributed by atoms with Gasteiger partial charge in [0, 0.05) is 24.7 Å². The Hall–Kier alpha value is -0.120. The van der Waals surface area contributed by atoms with Crippen LogP contribution in [0.25, 0.3) is 0 Å². The van der Waals surface area contributed by atoms with Crippen molar-refractivity contribution in [1.29, 1.82) is 0 Å². The SMILES string of the molecule is CCNC1C(N2CCOC3CCCCC32)CCC1(C)C. The highest BCUT2D eigenvalue weighted by atomic mass is 16.5. The Kier molecular flexibility index (Phi) is 4.40. The molecule has 0 aromatic carbocycles. The normalized spacial score (nSPS) is 41.5. The molecule has 1 saturated heterocycles. The minimum absolute atomic E-state index is 0.434. The van der Waals surface area contributed by atoms with Crippen LogP contribution in [0.5, 0.6) is 0 Å². The van der Waals surface area contributed by atoms with Gasteiger partial charge in [0.05, 0.1) is 12.7 Å². The van der Waals surface area contributed by atoms with Crippen LogP contribution in [0.3, 0.4) is 0 Å². The molecule has 2 saturated carbocycles. The van der Waals surface area contributed by atoms with E-state index in [-0.39, 0.29) is 0 Å². The number of nitrogens with zero attached hydrogens (tertiary/aromatic N) is 1. The van der Waals surface area contributed by atoms with Crippen LogP contribution < -0.4 is 5.32 Å². The summed E-state index contributed by atoms with van der Waals surface area (Å²) in [7, 11) is 0. The lowest BCUT2D eigenvalue weighted by Gasteiger charge is -2.49. The summed E-state index contributed by atoms with van der Waals surface area (Å²) in [6.07, 6.45) is 8.61. The van der Waals surface area contributed by atoms with Crippen LogP contribution in [0.15, 0.2) is 0 Å². The molecule has 3 nitrogen and oxygen atoms in total. The van der Waals surface area contributed by atoms with E-state index >= 15 is 0 Å². The Balaban J connectivity index is 1.76. The van der Waals surface area contributed by atoms with Crippen LogP contribution in [-0.4, -0.2) is 48.8 Å². The molecular formula is C17H32N2O. The smallest absolute Gasteiger partial charge is 0.0731 e. The third-order valence-corrected chi connectivity index (χ3v) is 5.94. The molecule has 4 atom stereocenters. The maximum absolute atomic E-state index is 6.06. The molecule has 1 heterocycles. The Labute approximate surface area is 124 Å². The highest BCUT2D eigenvalue weighted by Crippen LogP contribution is 2.42. The van der Waals surface area contributed by atoms with E-state index in [1.165, 1.54) is 38.5 Å². The van der Waals surface area contributed by atoms with Gasteiger partial charge < -0.3 is 10.1 Å². The molecule has 20 heavy (non-hydrogen) atoms. The zero-order chi connectivity index (χ0) is 14.2. The lowest BCUT2D eigenvalue weighted by atomic mass is 9.84. The standard InChI is InChI=1S/C17H32N2O/c1-4-18-16-14(9-10-17(16,2)3)19-11-12-20-15-8-6-5-7-13(15)19/h13-16,18H,4-12H2,1-3H3. The molecule has 0 aromatic rings. The first-order valence-corrected chi connectivity index (χ1v) is 8.74. The third kappa shape index (κ3) is 2.65. The van der Waals surface area contributed by atoms with Gasteiger partial charge in [-0.25, -0.2) is 0 Å². The molecule has 0 radical (unpaired) electrons. The number of ether oxygens (including phenoxy) is 1. The fraction of sp³-hybridized carbons (Fsp3) is 1.00. The van der Waals surface area contributed by atoms with Gasteiger partial charge in [0.15, 0.2) is 0 Å². The van der Waals surface area contributed by atoms with E-state index in [9.17, 15) is 0 Å². The summed E-state index contributed by atoms with van der Waals surface area (Å²) in [6, 6.07) is 2.06. The minimum Gasteiger partial charge on any atom is -0.375 e. The predicted octanol–water partition coefficient (Wildman–Crippen LogP) is 2.80. The van der Waals surface area contributed by atoms with Crippen LogP contribution in [0, 0.1) is 5.41 Å². The first-order valence-electron chi connectivity index (χ1n) is 8.74. The second-order valence-corrected chi connectivity index (χ2v) is 7.63. The summed E-state index contributed by atoms with van der Waals surface area (Å²) in [5, 5.41) is 3.80. The van der Waals surface area contributed by atoms with E-state index in [1.54, 1.807) is 0 Å².